The molecule has 0 bridgehead atoms. The molecule has 15 heavy (non-hydrogen) atoms. The zero-order valence-electron chi connectivity index (χ0n) is 8.70. The van der Waals surface area contributed by atoms with Crippen molar-refractivity contribution in [1.29, 1.82) is 0 Å². The van der Waals surface area contributed by atoms with Crippen LogP contribution < -0.4 is 4.74 Å². The molecule has 0 saturated carbocycles. The summed E-state index contributed by atoms with van der Waals surface area (Å²) in [6.07, 6.45) is 1.69. The summed E-state index contributed by atoms with van der Waals surface area (Å²) >= 11 is 0. The fourth-order valence-electron chi connectivity index (χ4n) is 1.47. The Bertz CT molecular complexity index is 482. The molecule has 0 unspecified atom stereocenters. The molecule has 0 aliphatic carbocycles. The number of fused-ring (bicyclic) bond motifs is 1. The average molecular weight is 205 g/mol. The molecule has 2 rings (SSSR count). The molecule has 0 amide bonds. The summed E-state index contributed by atoms with van der Waals surface area (Å²) in [6.45, 7) is 3.80. The maximum Gasteiger partial charge on any atom is 0.148 e. The number of ether oxygens (including phenoxy) is 1. The van der Waals surface area contributed by atoms with Gasteiger partial charge in [0.2, 0.25) is 0 Å². The van der Waals surface area contributed by atoms with Crippen LogP contribution in [-0.4, -0.2) is 11.1 Å². The van der Waals surface area contributed by atoms with Gasteiger partial charge in [-0.25, -0.2) is 4.39 Å². The van der Waals surface area contributed by atoms with Crippen LogP contribution in [-0.2, 0) is 0 Å². The third kappa shape index (κ3) is 2.06. The summed E-state index contributed by atoms with van der Waals surface area (Å²) in [5.74, 6) is 0.201. The Balaban J connectivity index is 2.60. The average Bonchev–Trinajstić information content (AvgIpc) is 2.16. The van der Waals surface area contributed by atoms with Gasteiger partial charge in [0.1, 0.15) is 17.1 Å². The smallest absolute Gasteiger partial charge is 0.148 e. The summed E-state index contributed by atoms with van der Waals surface area (Å²) in [4.78, 5) is 4.18. The van der Waals surface area contributed by atoms with Gasteiger partial charge in [0.25, 0.3) is 0 Å². The third-order valence-electron chi connectivity index (χ3n) is 2.00. The first-order chi connectivity index (χ1) is 7.16. The van der Waals surface area contributed by atoms with Crippen LogP contribution in [0.25, 0.3) is 10.9 Å². The van der Waals surface area contributed by atoms with E-state index >= 15 is 0 Å². The lowest BCUT2D eigenvalue weighted by Crippen LogP contribution is -2.06. The standard InChI is InChI=1S/C12H12FNO/c1-8(2)15-11-7-10(13)6-9-4-3-5-14-12(9)11/h3-8H,1-2H3. The Labute approximate surface area is 87.7 Å². The van der Waals surface area contributed by atoms with Gasteiger partial charge < -0.3 is 4.74 Å². The molecule has 1 aromatic carbocycles. The summed E-state index contributed by atoms with van der Waals surface area (Å²) in [7, 11) is 0. The molecule has 78 valence electrons. The van der Waals surface area contributed by atoms with Gasteiger partial charge in [-0.3, -0.25) is 4.98 Å². The lowest BCUT2D eigenvalue weighted by molar-refractivity contribution is 0.244. The Morgan fingerprint density at radius 3 is 2.87 bits per heavy atom. The van der Waals surface area contributed by atoms with E-state index in [1.165, 1.54) is 12.1 Å². The number of aromatic nitrogens is 1. The highest BCUT2D eigenvalue weighted by Gasteiger charge is 2.07. The second-order valence-corrected chi connectivity index (χ2v) is 3.65. The fourth-order valence-corrected chi connectivity index (χ4v) is 1.47. The monoisotopic (exact) mass is 205 g/mol. The number of halogens is 1. The van der Waals surface area contributed by atoms with Crippen LogP contribution in [0.5, 0.6) is 5.75 Å². The maximum absolute atomic E-state index is 13.2. The van der Waals surface area contributed by atoms with Gasteiger partial charge in [0.15, 0.2) is 0 Å². The van der Waals surface area contributed by atoms with E-state index in [0.29, 0.717) is 11.3 Å². The van der Waals surface area contributed by atoms with Gasteiger partial charge in [-0.1, -0.05) is 6.07 Å². The molecule has 0 aliphatic heterocycles. The van der Waals surface area contributed by atoms with Crippen molar-refractivity contribution >= 4 is 10.9 Å². The van der Waals surface area contributed by atoms with E-state index in [2.05, 4.69) is 4.98 Å². The van der Waals surface area contributed by atoms with E-state index in [9.17, 15) is 4.39 Å². The van der Waals surface area contributed by atoms with Crippen molar-refractivity contribution in [3.63, 3.8) is 0 Å². The number of hydrogen-bond donors (Lipinski definition) is 0. The topological polar surface area (TPSA) is 22.1 Å². The van der Waals surface area contributed by atoms with E-state index in [0.717, 1.165) is 5.39 Å². The molecule has 0 fully saturated rings. The van der Waals surface area contributed by atoms with E-state index in [1.54, 1.807) is 12.3 Å². The van der Waals surface area contributed by atoms with Gasteiger partial charge in [-0.2, -0.15) is 0 Å². The second-order valence-electron chi connectivity index (χ2n) is 3.65. The van der Waals surface area contributed by atoms with E-state index in [4.69, 9.17) is 4.74 Å². The molecule has 2 aromatic rings. The maximum atomic E-state index is 13.2. The minimum atomic E-state index is -0.300. The molecular formula is C12H12FNO. The molecule has 2 nitrogen and oxygen atoms in total. The first-order valence-corrected chi connectivity index (χ1v) is 4.88. The minimum Gasteiger partial charge on any atom is -0.489 e. The molecule has 1 heterocycles. The van der Waals surface area contributed by atoms with Gasteiger partial charge in [0.05, 0.1) is 6.10 Å². The molecule has 0 aliphatic rings. The Hall–Kier alpha value is -1.64. The zero-order valence-corrected chi connectivity index (χ0v) is 8.70. The molecule has 0 spiro atoms. The van der Waals surface area contributed by atoms with Crippen molar-refractivity contribution < 1.29 is 9.13 Å². The van der Waals surface area contributed by atoms with Crippen LogP contribution >= 0.6 is 0 Å². The van der Waals surface area contributed by atoms with Crippen molar-refractivity contribution in [2.75, 3.05) is 0 Å². The Morgan fingerprint density at radius 2 is 2.13 bits per heavy atom. The summed E-state index contributed by atoms with van der Waals surface area (Å²) in [6, 6.07) is 6.42. The highest BCUT2D eigenvalue weighted by Crippen LogP contribution is 2.25. The first kappa shape index (κ1) is 9.90. The number of hydrogen-bond acceptors (Lipinski definition) is 2. The Morgan fingerprint density at radius 1 is 1.33 bits per heavy atom. The molecule has 0 saturated heterocycles. The van der Waals surface area contributed by atoms with Gasteiger partial charge in [-0.05, 0) is 26.0 Å². The van der Waals surface area contributed by atoms with Gasteiger partial charge in [0, 0.05) is 17.6 Å². The van der Waals surface area contributed by atoms with Crippen molar-refractivity contribution in [3.8, 4) is 5.75 Å². The van der Waals surface area contributed by atoms with E-state index in [-0.39, 0.29) is 11.9 Å². The largest absolute Gasteiger partial charge is 0.489 e. The minimum absolute atomic E-state index is 0.0111. The van der Waals surface area contributed by atoms with Crippen LogP contribution in [0.4, 0.5) is 4.39 Å². The van der Waals surface area contributed by atoms with Crippen molar-refractivity contribution in [2.24, 2.45) is 0 Å². The van der Waals surface area contributed by atoms with E-state index < -0.39 is 0 Å². The number of rotatable bonds is 2. The predicted molar refractivity (Wildman–Crippen MR) is 57.5 cm³/mol. The normalized spacial score (nSPS) is 10.9. The van der Waals surface area contributed by atoms with Gasteiger partial charge in [-0.15, -0.1) is 0 Å². The first-order valence-electron chi connectivity index (χ1n) is 4.88. The molecule has 1 aromatic heterocycles. The van der Waals surface area contributed by atoms with Crippen LogP contribution in [0.3, 0.4) is 0 Å². The zero-order chi connectivity index (χ0) is 10.8. The van der Waals surface area contributed by atoms with E-state index in [1.807, 2.05) is 19.9 Å². The summed E-state index contributed by atoms with van der Waals surface area (Å²) in [5.41, 5.74) is 0.701. The Kier molecular flexibility index (Phi) is 2.54. The molecule has 0 N–H and O–H groups in total. The summed E-state index contributed by atoms with van der Waals surface area (Å²) < 4.78 is 18.7. The second kappa shape index (κ2) is 3.85. The number of benzene rings is 1. The third-order valence-corrected chi connectivity index (χ3v) is 2.00. The van der Waals surface area contributed by atoms with Crippen molar-refractivity contribution in [3.05, 3.63) is 36.3 Å². The molecule has 3 heteroatoms. The van der Waals surface area contributed by atoms with Gasteiger partial charge >= 0.3 is 0 Å². The predicted octanol–water partition coefficient (Wildman–Crippen LogP) is 3.16. The van der Waals surface area contributed by atoms with Crippen LogP contribution in [0.1, 0.15) is 13.8 Å². The quantitative estimate of drug-likeness (QED) is 0.751. The molecule has 0 atom stereocenters. The fraction of sp³-hybridized carbons (Fsp3) is 0.250. The molecule has 0 radical (unpaired) electrons. The van der Waals surface area contributed by atoms with Crippen LogP contribution in [0.15, 0.2) is 30.5 Å². The molecular weight excluding hydrogens is 193 g/mol. The summed E-state index contributed by atoms with van der Waals surface area (Å²) in [5, 5.41) is 0.758. The lowest BCUT2D eigenvalue weighted by Gasteiger charge is -2.11. The number of nitrogens with zero attached hydrogens (tertiary/aromatic N) is 1. The van der Waals surface area contributed by atoms with Crippen molar-refractivity contribution in [2.45, 2.75) is 20.0 Å². The highest BCUT2D eigenvalue weighted by molar-refractivity contribution is 5.84. The van der Waals surface area contributed by atoms with Crippen molar-refractivity contribution in [1.82, 2.24) is 4.98 Å². The highest BCUT2D eigenvalue weighted by atomic mass is 19.1. The number of pyridine rings is 1. The van der Waals surface area contributed by atoms with Crippen LogP contribution in [0.2, 0.25) is 0 Å². The lowest BCUT2D eigenvalue weighted by atomic mass is 10.2. The van der Waals surface area contributed by atoms with Crippen LogP contribution in [0, 0.1) is 5.82 Å². The SMILES string of the molecule is CC(C)Oc1cc(F)cc2cccnc12.